The number of nitrogens with one attached hydrogen (secondary N) is 1. The Kier molecular flexibility index (Phi) is 3.75. The molecule has 0 aliphatic heterocycles. The summed E-state index contributed by atoms with van der Waals surface area (Å²) in [7, 11) is 0. The van der Waals surface area contributed by atoms with Crippen LogP contribution < -0.4 is 11.1 Å². The molecule has 1 aromatic carbocycles. The number of hydrogen-bond acceptors (Lipinski definition) is 4. The molecule has 5 heteroatoms. The number of carbonyl (C=O) groups excluding carboxylic acids is 1. The number of nitrogen functional groups attached to an aromatic ring is 1. The van der Waals surface area contributed by atoms with E-state index >= 15 is 0 Å². The molecule has 0 saturated heterocycles. The molecule has 0 aliphatic carbocycles. The fourth-order valence-corrected chi connectivity index (χ4v) is 1.69. The second kappa shape index (κ2) is 5.48. The number of benzene rings is 1. The molecular weight excluding hydrogens is 240 g/mol. The molecule has 0 bridgehead atoms. The fraction of sp³-hybridized carbons (Fsp3) is 0.214. The Hall–Kier alpha value is -2.43. The van der Waals surface area contributed by atoms with E-state index in [0.717, 1.165) is 11.3 Å². The summed E-state index contributed by atoms with van der Waals surface area (Å²) in [5.74, 6) is 0.550. The van der Waals surface area contributed by atoms with E-state index < -0.39 is 0 Å². The molecule has 98 valence electrons. The highest BCUT2D eigenvalue weighted by atomic mass is 16.1. The number of aromatic nitrogens is 2. The Morgan fingerprint density at radius 1 is 1.32 bits per heavy atom. The quantitative estimate of drug-likeness (QED) is 0.817. The van der Waals surface area contributed by atoms with Gasteiger partial charge in [-0.25, -0.2) is 9.97 Å². The number of hydrogen-bond donors (Lipinski definition) is 2. The van der Waals surface area contributed by atoms with Crippen LogP contribution in [0.5, 0.6) is 0 Å². The molecule has 2 rings (SSSR count). The van der Waals surface area contributed by atoms with Crippen LogP contribution in [0.25, 0.3) is 0 Å². The number of rotatable bonds is 3. The van der Waals surface area contributed by atoms with Crippen LogP contribution in [0, 0.1) is 13.8 Å². The standard InChI is InChI=1S/C14H16N4O/c1-9-7-11(3-4-13(9)15)14(19)17-8-12-5-6-16-10(2)18-12/h3-7H,8,15H2,1-2H3,(H,17,19). The second-order valence-corrected chi connectivity index (χ2v) is 4.35. The maximum absolute atomic E-state index is 12.0. The maximum atomic E-state index is 12.0. The van der Waals surface area contributed by atoms with Crippen molar-refractivity contribution < 1.29 is 4.79 Å². The molecule has 1 amide bonds. The Morgan fingerprint density at radius 3 is 2.79 bits per heavy atom. The zero-order valence-electron chi connectivity index (χ0n) is 11.0. The van der Waals surface area contributed by atoms with Gasteiger partial charge in [0.05, 0.1) is 12.2 Å². The van der Waals surface area contributed by atoms with Gasteiger partial charge in [0.15, 0.2) is 0 Å². The zero-order chi connectivity index (χ0) is 13.8. The van der Waals surface area contributed by atoms with Gasteiger partial charge in [0.2, 0.25) is 0 Å². The molecular formula is C14H16N4O. The van der Waals surface area contributed by atoms with Gasteiger partial charge in [-0.2, -0.15) is 0 Å². The summed E-state index contributed by atoms with van der Waals surface area (Å²) in [6, 6.07) is 7.00. The molecule has 3 N–H and O–H groups in total. The van der Waals surface area contributed by atoms with Crippen LogP contribution in [0.3, 0.4) is 0 Å². The van der Waals surface area contributed by atoms with Gasteiger partial charge in [0.1, 0.15) is 5.82 Å². The zero-order valence-corrected chi connectivity index (χ0v) is 11.0. The van der Waals surface area contributed by atoms with E-state index in [1.165, 1.54) is 0 Å². The van der Waals surface area contributed by atoms with E-state index in [-0.39, 0.29) is 5.91 Å². The van der Waals surface area contributed by atoms with Crippen molar-refractivity contribution in [1.82, 2.24) is 15.3 Å². The summed E-state index contributed by atoms with van der Waals surface area (Å²) in [5.41, 5.74) is 8.68. The van der Waals surface area contributed by atoms with Crippen LogP contribution in [0.2, 0.25) is 0 Å². The third kappa shape index (κ3) is 3.28. The summed E-state index contributed by atoms with van der Waals surface area (Å²) < 4.78 is 0. The molecule has 2 aromatic rings. The monoisotopic (exact) mass is 256 g/mol. The topological polar surface area (TPSA) is 80.9 Å². The lowest BCUT2D eigenvalue weighted by molar-refractivity contribution is 0.0950. The molecule has 19 heavy (non-hydrogen) atoms. The molecule has 0 atom stereocenters. The lowest BCUT2D eigenvalue weighted by atomic mass is 10.1. The number of nitrogens with zero attached hydrogens (tertiary/aromatic N) is 2. The predicted molar refractivity (Wildman–Crippen MR) is 73.5 cm³/mol. The van der Waals surface area contributed by atoms with Gasteiger partial charge in [-0.3, -0.25) is 4.79 Å². The van der Waals surface area contributed by atoms with Crippen LogP contribution in [-0.4, -0.2) is 15.9 Å². The minimum Gasteiger partial charge on any atom is -0.399 e. The third-order valence-corrected chi connectivity index (χ3v) is 2.80. The van der Waals surface area contributed by atoms with Crippen molar-refractivity contribution in [3.8, 4) is 0 Å². The molecule has 1 heterocycles. The van der Waals surface area contributed by atoms with E-state index in [9.17, 15) is 4.79 Å². The third-order valence-electron chi connectivity index (χ3n) is 2.80. The minimum absolute atomic E-state index is 0.139. The average molecular weight is 256 g/mol. The highest BCUT2D eigenvalue weighted by Gasteiger charge is 2.07. The van der Waals surface area contributed by atoms with Gasteiger partial charge in [-0.05, 0) is 43.7 Å². The summed E-state index contributed by atoms with van der Waals surface area (Å²) in [6.07, 6.45) is 1.68. The molecule has 1 aromatic heterocycles. The normalized spacial score (nSPS) is 10.2. The van der Waals surface area contributed by atoms with Crippen LogP contribution in [0.4, 0.5) is 5.69 Å². The first kappa shape index (κ1) is 13.0. The van der Waals surface area contributed by atoms with Crippen LogP contribution in [-0.2, 0) is 6.54 Å². The molecule has 0 aliphatic rings. The summed E-state index contributed by atoms with van der Waals surface area (Å²) in [5, 5.41) is 2.82. The van der Waals surface area contributed by atoms with Crippen LogP contribution in [0.15, 0.2) is 30.5 Å². The fourth-order valence-electron chi connectivity index (χ4n) is 1.69. The van der Waals surface area contributed by atoms with Crippen molar-refractivity contribution in [1.29, 1.82) is 0 Å². The summed E-state index contributed by atoms with van der Waals surface area (Å²) in [6.45, 7) is 4.07. The molecule has 5 nitrogen and oxygen atoms in total. The lowest BCUT2D eigenvalue weighted by Gasteiger charge is -2.07. The van der Waals surface area contributed by atoms with Gasteiger partial charge < -0.3 is 11.1 Å². The first-order valence-corrected chi connectivity index (χ1v) is 5.99. The largest absolute Gasteiger partial charge is 0.399 e. The molecule has 0 unspecified atom stereocenters. The molecule has 0 spiro atoms. The molecule has 0 radical (unpaired) electrons. The molecule has 0 saturated carbocycles. The van der Waals surface area contributed by atoms with Gasteiger partial charge in [-0.15, -0.1) is 0 Å². The highest BCUT2D eigenvalue weighted by molar-refractivity contribution is 5.94. The van der Waals surface area contributed by atoms with E-state index in [1.807, 2.05) is 13.8 Å². The Labute approximate surface area is 111 Å². The number of aryl methyl sites for hydroxylation is 2. The average Bonchev–Trinajstić information content (AvgIpc) is 2.39. The van der Waals surface area contributed by atoms with Gasteiger partial charge in [-0.1, -0.05) is 0 Å². The van der Waals surface area contributed by atoms with Crippen molar-refractivity contribution in [2.45, 2.75) is 20.4 Å². The van der Waals surface area contributed by atoms with E-state index in [1.54, 1.807) is 30.5 Å². The van der Waals surface area contributed by atoms with Crippen molar-refractivity contribution in [3.63, 3.8) is 0 Å². The smallest absolute Gasteiger partial charge is 0.251 e. The highest BCUT2D eigenvalue weighted by Crippen LogP contribution is 2.12. The first-order chi connectivity index (χ1) is 9.06. The van der Waals surface area contributed by atoms with E-state index in [2.05, 4.69) is 15.3 Å². The summed E-state index contributed by atoms with van der Waals surface area (Å²) >= 11 is 0. The maximum Gasteiger partial charge on any atom is 0.251 e. The Balaban J connectivity index is 2.03. The first-order valence-electron chi connectivity index (χ1n) is 5.99. The summed E-state index contributed by atoms with van der Waals surface area (Å²) in [4.78, 5) is 20.2. The van der Waals surface area contributed by atoms with Gasteiger partial charge >= 0.3 is 0 Å². The van der Waals surface area contributed by atoms with Crippen molar-refractivity contribution >= 4 is 11.6 Å². The lowest BCUT2D eigenvalue weighted by Crippen LogP contribution is -2.23. The van der Waals surface area contributed by atoms with Crippen LogP contribution >= 0.6 is 0 Å². The Morgan fingerprint density at radius 2 is 2.11 bits per heavy atom. The van der Waals surface area contributed by atoms with Gasteiger partial charge in [0, 0.05) is 17.4 Å². The van der Waals surface area contributed by atoms with Crippen molar-refractivity contribution in [2.24, 2.45) is 0 Å². The molecule has 0 fully saturated rings. The number of amides is 1. The van der Waals surface area contributed by atoms with Crippen molar-refractivity contribution in [3.05, 3.63) is 53.1 Å². The van der Waals surface area contributed by atoms with E-state index in [4.69, 9.17) is 5.73 Å². The number of carbonyl (C=O) groups is 1. The predicted octanol–water partition coefficient (Wildman–Crippen LogP) is 1.61. The number of nitrogens with two attached hydrogens (primary N) is 1. The second-order valence-electron chi connectivity index (χ2n) is 4.35. The van der Waals surface area contributed by atoms with E-state index in [0.29, 0.717) is 23.6 Å². The van der Waals surface area contributed by atoms with Crippen molar-refractivity contribution in [2.75, 3.05) is 5.73 Å². The SMILES string of the molecule is Cc1nccc(CNC(=O)c2ccc(N)c(C)c2)n1. The number of anilines is 1. The van der Waals surface area contributed by atoms with Crippen LogP contribution in [0.1, 0.15) is 27.4 Å². The Bertz CT molecular complexity index is 610. The van der Waals surface area contributed by atoms with Gasteiger partial charge in [0.25, 0.3) is 5.91 Å². The minimum atomic E-state index is -0.139.